The Morgan fingerprint density at radius 3 is 2.35 bits per heavy atom. The Labute approximate surface area is 120 Å². The molecule has 1 aliphatic heterocycles. The highest BCUT2D eigenvalue weighted by Crippen LogP contribution is 2.39. The van der Waals surface area contributed by atoms with Gasteiger partial charge in [0.1, 0.15) is 0 Å². The Balaban J connectivity index is 2.03. The molecule has 0 aromatic rings. The zero-order chi connectivity index (χ0) is 14.7. The van der Waals surface area contributed by atoms with Crippen LogP contribution in [-0.2, 0) is 9.59 Å². The highest BCUT2D eigenvalue weighted by molar-refractivity contribution is 5.85. The van der Waals surface area contributed by atoms with Gasteiger partial charge in [-0.15, -0.1) is 0 Å². The van der Waals surface area contributed by atoms with E-state index < -0.39 is 11.9 Å². The van der Waals surface area contributed by atoms with Gasteiger partial charge in [0.05, 0.1) is 11.8 Å². The molecule has 2 aliphatic rings. The van der Waals surface area contributed by atoms with Crippen molar-refractivity contribution in [3.05, 3.63) is 0 Å². The summed E-state index contributed by atoms with van der Waals surface area (Å²) in [6.45, 7) is 3.95. The molecule has 2 N–H and O–H groups in total. The van der Waals surface area contributed by atoms with Gasteiger partial charge in [0.15, 0.2) is 0 Å². The normalized spacial score (nSPS) is 31.2. The molecule has 0 radical (unpaired) electrons. The average Bonchev–Trinajstić information content (AvgIpc) is 2.91. The van der Waals surface area contributed by atoms with Crippen LogP contribution in [-0.4, -0.2) is 48.1 Å². The Morgan fingerprint density at radius 1 is 1.20 bits per heavy atom. The van der Waals surface area contributed by atoms with Crippen LogP contribution in [0.5, 0.6) is 0 Å². The Kier molecular flexibility index (Phi) is 5.02. The van der Waals surface area contributed by atoms with Crippen molar-refractivity contribution in [3.8, 4) is 0 Å². The van der Waals surface area contributed by atoms with E-state index in [2.05, 4.69) is 12.2 Å². The molecule has 3 atom stereocenters. The van der Waals surface area contributed by atoms with Gasteiger partial charge in [-0.1, -0.05) is 13.3 Å². The second-order valence-corrected chi connectivity index (χ2v) is 6.23. The zero-order valence-corrected chi connectivity index (χ0v) is 12.5. The Bertz CT molecular complexity index is 366. The molecule has 0 bridgehead atoms. The summed E-state index contributed by atoms with van der Waals surface area (Å²) in [7, 11) is 1.84. The van der Waals surface area contributed by atoms with Crippen molar-refractivity contribution in [2.24, 2.45) is 17.8 Å². The van der Waals surface area contributed by atoms with Crippen LogP contribution in [0.3, 0.4) is 0 Å². The quantitative estimate of drug-likeness (QED) is 0.816. The lowest BCUT2D eigenvalue weighted by atomic mass is 9.93. The smallest absolute Gasteiger partial charge is 0.307 e. The van der Waals surface area contributed by atoms with Gasteiger partial charge >= 0.3 is 5.97 Å². The first-order valence-corrected chi connectivity index (χ1v) is 7.74. The van der Waals surface area contributed by atoms with Gasteiger partial charge in [-0.05, 0) is 44.7 Å². The monoisotopic (exact) mass is 282 g/mol. The summed E-state index contributed by atoms with van der Waals surface area (Å²) in [5.74, 6) is -1.20. The number of carboxylic acid groups (broad SMARTS) is 1. The summed E-state index contributed by atoms with van der Waals surface area (Å²) in [6.07, 6.45) is 4.28. The molecular formula is C15H26N2O3. The molecular weight excluding hydrogens is 256 g/mol. The minimum atomic E-state index is -0.807. The van der Waals surface area contributed by atoms with E-state index in [-0.39, 0.29) is 17.9 Å². The minimum absolute atomic E-state index is 0.0419. The van der Waals surface area contributed by atoms with Gasteiger partial charge in [0.25, 0.3) is 0 Å². The molecule has 1 saturated carbocycles. The maximum atomic E-state index is 12.7. The lowest BCUT2D eigenvalue weighted by Gasteiger charge is -2.34. The number of hydrogen-bond donors (Lipinski definition) is 2. The van der Waals surface area contributed by atoms with Crippen molar-refractivity contribution < 1.29 is 14.7 Å². The molecule has 2 fully saturated rings. The number of carboxylic acids is 1. The van der Waals surface area contributed by atoms with Crippen LogP contribution in [0.2, 0.25) is 0 Å². The zero-order valence-electron chi connectivity index (χ0n) is 12.5. The molecule has 114 valence electrons. The number of carbonyl (C=O) groups is 2. The van der Waals surface area contributed by atoms with Crippen molar-refractivity contribution in [2.45, 2.75) is 45.1 Å². The third-order valence-corrected chi connectivity index (χ3v) is 5.08. The molecule has 0 aromatic heterocycles. The van der Waals surface area contributed by atoms with E-state index in [0.29, 0.717) is 12.3 Å². The summed E-state index contributed by atoms with van der Waals surface area (Å²) >= 11 is 0. The van der Waals surface area contributed by atoms with Crippen molar-refractivity contribution in [3.63, 3.8) is 0 Å². The van der Waals surface area contributed by atoms with Crippen LogP contribution in [0.1, 0.15) is 39.0 Å². The summed E-state index contributed by atoms with van der Waals surface area (Å²) in [5, 5.41) is 12.6. The van der Waals surface area contributed by atoms with Crippen molar-refractivity contribution in [1.29, 1.82) is 0 Å². The maximum Gasteiger partial charge on any atom is 0.307 e. The van der Waals surface area contributed by atoms with Crippen molar-refractivity contribution >= 4 is 11.9 Å². The fourth-order valence-corrected chi connectivity index (χ4v) is 3.66. The number of amides is 1. The molecule has 5 nitrogen and oxygen atoms in total. The van der Waals surface area contributed by atoms with E-state index >= 15 is 0 Å². The van der Waals surface area contributed by atoms with Crippen LogP contribution >= 0.6 is 0 Å². The maximum absolute atomic E-state index is 12.7. The third-order valence-electron chi connectivity index (χ3n) is 5.08. The highest BCUT2D eigenvalue weighted by atomic mass is 16.4. The summed E-state index contributed by atoms with van der Waals surface area (Å²) in [6, 6.07) is 0.263. The van der Waals surface area contributed by atoms with Crippen molar-refractivity contribution in [1.82, 2.24) is 10.2 Å². The van der Waals surface area contributed by atoms with E-state index in [0.717, 1.165) is 38.8 Å². The number of piperidine rings is 1. The Hall–Kier alpha value is -1.10. The van der Waals surface area contributed by atoms with E-state index in [1.807, 2.05) is 11.9 Å². The molecule has 20 heavy (non-hydrogen) atoms. The lowest BCUT2D eigenvalue weighted by molar-refractivity contribution is -0.149. The Morgan fingerprint density at radius 2 is 1.80 bits per heavy atom. The van der Waals surface area contributed by atoms with Crippen LogP contribution < -0.4 is 5.32 Å². The second-order valence-electron chi connectivity index (χ2n) is 6.23. The number of nitrogens with one attached hydrogen (secondary N) is 1. The average molecular weight is 282 g/mol. The van der Waals surface area contributed by atoms with Crippen LogP contribution in [0.25, 0.3) is 0 Å². The molecule has 5 heteroatoms. The van der Waals surface area contributed by atoms with Gasteiger partial charge in [-0.3, -0.25) is 9.59 Å². The molecule has 1 unspecified atom stereocenters. The standard InChI is InChI=1S/C15H26N2O3/c1-3-10-8-12(13(9-10)15(19)20)14(18)17(2)11-4-6-16-7-5-11/h10-13,16H,3-9H2,1-2H3,(H,19,20)/t10?,12-,13+/m0/s1. The number of nitrogens with zero attached hydrogens (tertiary/aromatic N) is 1. The van der Waals surface area contributed by atoms with Crippen LogP contribution in [0, 0.1) is 17.8 Å². The lowest BCUT2D eigenvalue weighted by Crippen LogP contribution is -2.47. The first-order chi connectivity index (χ1) is 9.54. The first kappa shape index (κ1) is 15.3. The number of hydrogen-bond acceptors (Lipinski definition) is 3. The number of aliphatic carboxylic acids is 1. The predicted molar refractivity (Wildman–Crippen MR) is 76.3 cm³/mol. The predicted octanol–water partition coefficient (Wildman–Crippen LogP) is 1.33. The fourth-order valence-electron chi connectivity index (χ4n) is 3.66. The largest absolute Gasteiger partial charge is 0.481 e. The number of carbonyl (C=O) groups excluding carboxylic acids is 1. The van der Waals surface area contributed by atoms with Gasteiger partial charge in [-0.25, -0.2) is 0 Å². The summed E-state index contributed by atoms with van der Waals surface area (Å²) in [5.41, 5.74) is 0. The topological polar surface area (TPSA) is 69.6 Å². The summed E-state index contributed by atoms with van der Waals surface area (Å²) in [4.78, 5) is 25.9. The third kappa shape index (κ3) is 3.14. The molecule has 1 heterocycles. The summed E-state index contributed by atoms with van der Waals surface area (Å²) < 4.78 is 0. The van der Waals surface area contributed by atoms with E-state index in [1.165, 1.54) is 0 Å². The molecule has 0 spiro atoms. The van der Waals surface area contributed by atoms with Gasteiger partial charge in [0.2, 0.25) is 5.91 Å². The highest BCUT2D eigenvalue weighted by Gasteiger charge is 2.43. The van der Waals surface area contributed by atoms with Crippen molar-refractivity contribution in [2.75, 3.05) is 20.1 Å². The number of rotatable bonds is 4. The molecule has 1 saturated heterocycles. The van der Waals surface area contributed by atoms with E-state index in [1.54, 1.807) is 0 Å². The minimum Gasteiger partial charge on any atom is -0.481 e. The molecule has 1 aliphatic carbocycles. The fraction of sp³-hybridized carbons (Fsp3) is 0.867. The first-order valence-electron chi connectivity index (χ1n) is 7.74. The molecule has 0 aromatic carbocycles. The second kappa shape index (κ2) is 6.57. The van der Waals surface area contributed by atoms with E-state index in [4.69, 9.17) is 0 Å². The van der Waals surface area contributed by atoms with Gasteiger partial charge in [-0.2, -0.15) is 0 Å². The van der Waals surface area contributed by atoms with Gasteiger partial charge < -0.3 is 15.3 Å². The van der Waals surface area contributed by atoms with Gasteiger partial charge in [0, 0.05) is 13.1 Å². The SMILES string of the molecule is CCC1C[C@H](C(=O)N(C)C2CCNCC2)[C@H](C(=O)O)C1. The van der Waals surface area contributed by atoms with Crippen LogP contribution in [0.4, 0.5) is 0 Å². The van der Waals surface area contributed by atoms with Crippen LogP contribution in [0.15, 0.2) is 0 Å². The van der Waals surface area contributed by atoms with E-state index in [9.17, 15) is 14.7 Å². The molecule has 1 amide bonds. The molecule has 2 rings (SSSR count).